The van der Waals surface area contributed by atoms with Crippen molar-refractivity contribution in [2.24, 2.45) is 0 Å². The van der Waals surface area contributed by atoms with Crippen molar-refractivity contribution in [2.45, 2.75) is 59.2 Å². The third kappa shape index (κ3) is 3.94. The highest BCUT2D eigenvalue weighted by molar-refractivity contribution is 4.86. The molecule has 102 valence electrons. The summed E-state index contributed by atoms with van der Waals surface area (Å²) in [5.41, 5.74) is 0. The summed E-state index contributed by atoms with van der Waals surface area (Å²) in [4.78, 5) is 5.24. The Kier molecular flexibility index (Phi) is 6.45. The summed E-state index contributed by atoms with van der Waals surface area (Å²) < 4.78 is 0. The molecule has 1 N–H and O–H groups in total. The Labute approximate surface area is 108 Å². The van der Waals surface area contributed by atoms with Gasteiger partial charge in [0, 0.05) is 37.8 Å². The van der Waals surface area contributed by atoms with Crippen molar-refractivity contribution in [1.29, 1.82) is 0 Å². The van der Waals surface area contributed by atoms with Crippen molar-refractivity contribution in [3.63, 3.8) is 0 Å². The molecule has 0 spiro atoms. The van der Waals surface area contributed by atoms with Crippen molar-refractivity contribution in [2.75, 3.05) is 32.7 Å². The van der Waals surface area contributed by atoms with Crippen LogP contribution in [-0.4, -0.2) is 60.6 Å². The van der Waals surface area contributed by atoms with Crippen LogP contribution in [0.3, 0.4) is 0 Å². The van der Waals surface area contributed by atoms with Crippen LogP contribution in [0.2, 0.25) is 0 Å². The molecule has 0 aliphatic carbocycles. The van der Waals surface area contributed by atoms with Gasteiger partial charge in [0.05, 0.1) is 0 Å². The van der Waals surface area contributed by atoms with Gasteiger partial charge in [-0.1, -0.05) is 20.8 Å². The zero-order valence-electron chi connectivity index (χ0n) is 12.4. The zero-order valence-corrected chi connectivity index (χ0v) is 12.4. The molecule has 3 nitrogen and oxygen atoms in total. The van der Waals surface area contributed by atoms with E-state index in [2.05, 4.69) is 49.7 Å². The lowest BCUT2D eigenvalue weighted by Gasteiger charge is -2.44. The van der Waals surface area contributed by atoms with Crippen LogP contribution in [0.5, 0.6) is 0 Å². The van der Waals surface area contributed by atoms with E-state index < -0.39 is 0 Å². The van der Waals surface area contributed by atoms with Gasteiger partial charge >= 0.3 is 0 Å². The van der Waals surface area contributed by atoms with Gasteiger partial charge in [-0.05, 0) is 33.4 Å². The van der Waals surface area contributed by atoms with Gasteiger partial charge in [-0.3, -0.25) is 9.80 Å². The van der Waals surface area contributed by atoms with Crippen LogP contribution in [0, 0.1) is 0 Å². The van der Waals surface area contributed by atoms with Gasteiger partial charge in [0.2, 0.25) is 0 Å². The van der Waals surface area contributed by atoms with E-state index in [1.165, 1.54) is 32.6 Å². The minimum atomic E-state index is 0.639. The first-order valence-corrected chi connectivity index (χ1v) is 7.35. The maximum atomic E-state index is 3.61. The SMILES string of the molecule is CCNC(CC)C(C)N1CCN(CC)C(C)C1. The van der Waals surface area contributed by atoms with Crippen LogP contribution in [0.4, 0.5) is 0 Å². The van der Waals surface area contributed by atoms with Crippen LogP contribution in [0.1, 0.15) is 41.0 Å². The minimum absolute atomic E-state index is 0.639. The summed E-state index contributed by atoms with van der Waals surface area (Å²) in [5, 5.41) is 3.61. The van der Waals surface area contributed by atoms with Gasteiger partial charge in [-0.15, -0.1) is 0 Å². The molecule has 0 amide bonds. The Hall–Kier alpha value is -0.120. The van der Waals surface area contributed by atoms with Gasteiger partial charge in [0.15, 0.2) is 0 Å². The number of nitrogens with zero attached hydrogens (tertiary/aromatic N) is 2. The monoisotopic (exact) mass is 241 g/mol. The second kappa shape index (κ2) is 7.34. The van der Waals surface area contributed by atoms with Crippen molar-refractivity contribution < 1.29 is 0 Å². The highest BCUT2D eigenvalue weighted by Crippen LogP contribution is 2.15. The topological polar surface area (TPSA) is 18.5 Å². The summed E-state index contributed by atoms with van der Waals surface area (Å²) in [7, 11) is 0. The third-order valence-corrected chi connectivity index (χ3v) is 4.27. The molecule has 0 bridgehead atoms. The van der Waals surface area contributed by atoms with E-state index in [1.807, 2.05) is 0 Å². The molecular formula is C14H31N3. The summed E-state index contributed by atoms with van der Waals surface area (Å²) in [6, 6.07) is 2.00. The predicted octanol–water partition coefficient (Wildman–Crippen LogP) is 1.79. The molecule has 1 rings (SSSR count). The van der Waals surface area contributed by atoms with Crippen molar-refractivity contribution in [1.82, 2.24) is 15.1 Å². The lowest BCUT2D eigenvalue weighted by atomic mass is 10.0. The fourth-order valence-electron chi connectivity index (χ4n) is 3.04. The van der Waals surface area contributed by atoms with E-state index in [1.54, 1.807) is 0 Å². The van der Waals surface area contributed by atoms with E-state index in [0.717, 1.165) is 6.54 Å². The van der Waals surface area contributed by atoms with E-state index in [-0.39, 0.29) is 0 Å². The van der Waals surface area contributed by atoms with Crippen LogP contribution in [0.15, 0.2) is 0 Å². The van der Waals surface area contributed by atoms with Gasteiger partial charge in [0.1, 0.15) is 0 Å². The summed E-state index contributed by atoms with van der Waals surface area (Å²) >= 11 is 0. The summed E-state index contributed by atoms with van der Waals surface area (Å²) in [6.45, 7) is 17.4. The summed E-state index contributed by atoms with van der Waals surface area (Å²) in [6.07, 6.45) is 1.22. The fraction of sp³-hybridized carbons (Fsp3) is 1.00. The average molecular weight is 241 g/mol. The molecule has 1 heterocycles. The maximum absolute atomic E-state index is 3.61. The van der Waals surface area contributed by atoms with E-state index >= 15 is 0 Å². The highest BCUT2D eigenvalue weighted by atomic mass is 15.3. The Morgan fingerprint density at radius 2 is 1.94 bits per heavy atom. The van der Waals surface area contributed by atoms with Crippen molar-refractivity contribution >= 4 is 0 Å². The fourth-order valence-corrected chi connectivity index (χ4v) is 3.04. The molecule has 1 saturated heterocycles. The van der Waals surface area contributed by atoms with E-state index in [9.17, 15) is 0 Å². The molecular weight excluding hydrogens is 210 g/mol. The Balaban J connectivity index is 2.50. The molecule has 0 aromatic heterocycles. The molecule has 17 heavy (non-hydrogen) atoms. The maximum Gasteiger partial charge on any atom is 0.0222 e. The molecule has 0 aromatic rings. The van der Waals surface area contributed by atoms with Crippen LogP contribution >= 0.6 is 0 Å². The molecule has 1 aliphatic heterocycles. The lowest BCUT2D eigenvalue weighted by Crippen LogP contribution is -2.58. The molecule has 3 heteroatoms. The minimum Gasteiger partial charge on any atom is -0.313 e. The van der Waals surface area contributed by atoms with Gasteiger partial charge in [0.25, 0.3) is 0 Å². The number of nitrogens with one attached hydrogen (secondary N) is 1. The number of hydrogen-bond acceptors (Lipinski definition) is 3. The molecule has 0 saturated carbocycles. The number of hydrogen-bond donors (Lipinski definition) is 1. The first-order chi connectivity index (χ1) is 8.13. The van der Waals surface area contributed by atoms with E-state index in [4.69, 9.17) is 0 Å². The average Bonchev–Trinajstić information content (AvgIpc) is 2.35. The normalized spacial score (nSPS) is 27.0. The van der Waals surface area contributed by atoms with E-state index in [0.29, 0.717) is 18.1 Å². The second-order valence-corrected chi connectivity index (χ2v) is 5.29. The molecule has 0 aromatic carbocycles. The molecule has 0 radical (unpaired) electrons. The standard InChI is InChI=1S/C14H31N3/c1-6-14(15-7-2)13(5)17-10-9-16(8-3)12(4)11-17/h12-15H,6-11H2,1-5H3. The van der Waals surface area contributed by atoms with Gasteiger partial charge in [-0.2, -0.15) is 0 Å². The smallest absolute Gasteiger partial charge is 0.0222 e. The lowest BCUT2D eigenvalue weighted by molar-refractivity contribution is 0.0512. The number of piperazine rings is 1. The Bertz CT molecular complexity index is 208. The van der Waals surface area contributed by atoms with Crippen LogP contribution < -0.4 is 5.32 Å². The zero-order chi connectivity index (χ0) is 12.8. The van der Waals surface area contributed by atoms with Gasteiger partial charge in [-0.25, -0.2) is 0 Å². The molecule has 1 fully saturated rings. The molecule has 3 unspecified atom stereocenters. The van der Waals surface area contributed by atoms with Crippen LogP contribution in [0.25, 0.3) is 0 Å². The first kappa shape index (κ1) is 14.9. The molecule has 3 atom stereocenters. The largest absolute Gasteiger partial charge is 0.313 e. The van der Waals surface area contributed by atoms with Crippen LogP contribution in [-0.2, 0) is 0 Å². The molecule has 1 aliphatic rings. The second-order valence-electron chi connectivity index (χ2n) is 5.29. The van der Waals surface area contributed by atoms with Crippen molar-refractivity contribution in [3.05, 3.63) is 0 Å². The summed E-state index contributed by atoms with van der Waals surface area (Å²) in [5.74, 6) is 0. The third-order valence-electron chi connectivity index (χ3n) is 4.27. The Morgan fingerprint density at radius 3 is 2.41 bits per heavy atom. The highest BCUT2D eigenvalue weighted by Gasteiger charge is 2.28. The quantitative estimate of drug-likeness (QED) is 0.765. The number of rotatable bonds is 6. The van der Waals surface area contributed by atoms with Gasteiger partial charge < -0.3 is 5.32 Å². The van der Waals surface area contributed by atoms with Crippen molar-refractivity contribution in [3.8, 4) is 0 Å². The predicted molar refractivity (Wildman–Crippen MR) is 75.5 cm³/mol. The first-order valence-electron chi connectivity index (χ1n) is 7.35. The number of likely N-dealkylation sites (N-methyl/N-ethyl adjacent to an activating group) is 2. The Morgan fingerprint density at radius 1 is 1.24 bits per heavy atom.